The van der Waals surface area contributed by atoms with Crippen LogP contribution in [0, 0.1) is 0 Å². The number of carbonyl (C=O) groups is 1. The van der Waals surface area contributed by atoms with E-state index in [1.54, 1.807) is 19.3 Å². The Morgan fingerprint density at radius 2 is 1.83 bits per heavy atom. The van der Waals surface area contributed by atoms with Gasteiger partial charge in [-0.1, -0.05) is 48.6 Å². The van der Waals surface area contributed by atoms with Crippen LogP contribution in [-0.2, 0) is 4.79 Å². The number of alkyl halides is 2. The van der Waals surface area contributed by atoms with Crippen LogP contribution in [0.15, 0.2) is 54.6 Å². The lowest BCUT2D eigenvalue weighted by Gasteiger charge is -2.40. The molecule has 0 bridgehead atoms. The molecular formula is C22H26F2N2O4. The van der Waals surface area contributed by atoms with E-state index in [1.807, 2.05) is 48.5 Å². The monoisotopic (exact) mass is 420 g/mol. The van der Waals surface area contributed by atoms with Crippen LogP contribution >= 0.6 is 0 Å². The molecule has 0 saturated carbocycles. The van der Waals surface area contributed by atoms with Crippen molar-refractivity contribution in [3.63, 3.8) is 0 Å². The van der Waals surface area contributed by atoms with E-state index in [2.05, 4.69) is 5.32 Å². The molecule has 0 aliphatic heterocycles. The lowest BCUT2D eigenvalue weighted by atomic mass is 9.81. The van der Waals surface area contributed by atoms with Gasteiger partial charge in [-0.05, 0) is 42.7 Å². The maximum absolute atomic E-state index is 13.2. The topological polar surface area (TPSA) is 90.8 Å². The molecule has 2 aromatic carbocycles. The first-order valence-corrected chi connectivity index (χ1v) is 9.27. The average molecular weight is 420 g/mol. The molecule has 0 unspecified atom stereocenters. The smallest absolute Gasteiger partial charge is 0.268 e. The zero-order chi connectivity index (χ0) is 22.4. The highest BCUT2D eigenvalue weighted by molar-refractivity contribution is 5.86. The molecule has 0 fully saturated rings. The first kappa shape index (κ1) is 23.5. The Hall–Kier alpha value is -2.81. The molecule has 0 saturated heterocycles. The van der Waals surface area contributed by atoms with Crippen molar-refractivity contribution in [1.82, 2.24) is 10.8 Å². The highest BCUT2D eigenvalue weighted by Crippen LogP contribution is 2.29. The fourth-order valence-electron chi connectivity index (χ4n) is 2.87. The summed E-state index contributed by atoms with van der Waals surface area (Å²) in [7, 11) is 1.61. The Bertz CT molecular complexity index is 885. The molecule has 0 aromatic heterocycles. The molecule has 6 nitrogen and oxygen atoms in total. The van der Waals surface area contributed by atoms with E-state index in [0.717, 1.165) is 36.3 Å². The summed E-state index contributed by atoms with van der Waals surface area (Å²) in [5.74, 6) is -0.402. The largest absolute Gasteiger partial charge is 0.497 e. The lowest BCUT2D eigenvalue weighted by molar-refractivity contribution is -0.166. The number of rotatable bonds is 9. The molecule has 2 atom stereocenters. The zero-order valence-corrected chi connectivity index (χ0v) is 17.0. The van der Waals surface area contributed by atoms with Gasteiger partial charge in [0.1, 0.15) is 16.9 Å². The molecule has 162 valence electrons. The van der Waals surface area contributed by atoms with Crippen molar-refractivity contribution in [3.8, 4) is 16.9 Å². The number of hydroxylamine groups is 1. The molecule has 0 spiro atoms. The van der Waals surface area contributed by atoms with Crippen molar-refractivity contribution in [2.45, 2.75) is 31.4 Å². The number of benzene rings is 2. The third-order valence-electron chi connectivity index (χ3n) is 5.19. The third kappa shape index (κ3) is 5.02. The van der Waals surface area contributed by atoms with Gasteiger partial charge in [-0.3, -0.25) is 15.3 Å². The summed E-state index contributed by atoms with van der Waals surface area (Å²) in [4.78, 5) is 11.9. The maximum Gasteiger partial charge on any atom is 0.268 e. The van der Waals surface area contributed by atoms with Crippen LogP contribution in [0.25, 0.3) is 17.2 Å². The summed E-state index contributed by atoms with van der Waals surface area (Å²) in [6.07, 6.45) is 0.169. The molecule has 30 heavy (non-hydrogen) atoms. The SMILES string of the molecule is COc1cccc(-c2ccc(/C=C/CN[C@](C)(C(=O)NO)[C@](C)(O)C(F)F)cc2)c1. The molecule has 1 amide bonds. The van der Waals surface area contributed by atoms with Gasteiger partial charge in [-0.2, -0.15) is 0 Å². The standard InChI is InChI=1S/C22H26F2N2O4/c1-21(20(27)26-29,22(2,28)19(23)24)25-13-5-6-15-9-11-16(12-10-15)17-7-4-8-18(14-17)30-3/h4-12,14,19,25,28-29H,13H2,1-3H3,(H,26,27)/b6-5+/t21-,22-/m1/s1. The molecule has 0 radical (unpaired) electrons. The Kier molecular flexibility index (Phi) is 7.66. The summed E-state index contributed by atoms with van der Waals surface area (Å²) in [5, 5.41) is 21.6. The van der Waals surface area contributed by atoms with Crippen molar-refractivity contribution >= 4 is 12.0 Å². The van der Waals surface area contributed by atoms with Gasteiger partial charge >= 0.3 is 0 Å². The van der Waals surface area contributed by atoms with Crippen molar-refractivity contribution in [2.75, 3.05) is 13.7 Å². The van der Waals surface area contributed by atoms with Gasteiger partial charge in [0.25, 0.3) is 12.3 Å². The minimum absolute atomic E-state index is 0.00439. The van der Waals surface area contributed by atoms with Crippen molar-refractivity contribution in [3.05, 3.63) is 60.2 Å². The van der Waals surface area contributed by atoms with Gasteiger partial charge in [0.2, 0.25) is 0 Å². The number of hydrogen-bond acceptors (Lipinski definition) is 5. The predicted octanol–water partition coefficient (Wildman–Crippen LogP) is 3.25. The Morgan fingerprint density at radius 1 is 1.17 bits per heavy atom. The van der Waals surface area contributed by atoms with Crippen molar-refractivity contribution in [1.29, 1.82) is 0 Å². The van der Waals surface area contributed by atoms with Gasteiger partial charge in [-0.25, -0.2) is 14.3 Å². The van der Waals surface area contributed by atoms with Gasteiger partial charge in [0.15, 0.2) is 0 Å². The van der Waals surface area contributed by atoms with Crippen LogP contribution in [0.5, 0.6) is 5.75 Å². The molecular weight excluding hydrogens is 394 g/mol. The lowest BCUT2D eigenvalue weighted by Crippen LogP contribution is -2.69. The predicted molar refractivity (Wildman–Crippen MR) is 110 cm³/mol. The number of nitrogens with one attached hydrogen (secondary N) is 2. The summed E-state index contributed by atoms with van der Waals surface area (Å²) in [5.41, 5.74) is -0.621. The second kappa shape index (κ2) is 9.80. The van der Waals surface area contributed by atoms with E-state index in [1.165, 1.54) is 5.48 Å². The van der Waals surface area contributed by atoms with Gasteiger partial charge < -0.3 is 9.84 Å². The number of halogens is 2. The first-order valence-electron chi connectivity index (χ1n) is 9.27. The normalized spacial score (nSPS) is 15.6. The van der Waals surface area contributed by atoms with Crippen LogP contribution in [0.3, 0.4) is 0 Å². The maximum atomic E-state index is 13.2. The van der Waals surface area contributed by atoms with E-state index in [-0.39, 0.29) is 6.54 Å². The first-order chi connectivity index (χ1) is 14.2. The number of methoxy groups -OCH3 is 1. The van der Waals surface area contributed by atoms with E-state index in [0.29, 0.717) is 0 Å². The summed E-state index contributed by atoms with van der Waals surface area (Å²) in [6.45, 7) is 1.94. The number of aliphatic hydroxyl groups is 1. The van der Waals surface area contributed by atoms with Crippen LogP contribution in [0.4, 0.5) is 8.78 Å². The fourth-order valence-corrected chi connectivity index (χ4v) is 2.87. The molecule has 2 aromatic rings. The molecule has 2 rings (SSSR count). The van der Waals surface area contributed by atoms with Crippen LogP contribution in [0.1, 0.15) is 19.4 Å². The Morgan fingerprint density at radius 3 is 2.40 bits per heavy atom. The molecule has 0 heterocycles. The third-order valence-corrected chi connectivity index (χ3v) is 5.19. The van der Waals surface area contributed by atoms with E-state index in [9.17, 15) is 18.7 Å². The zero-order valence-electron chi connectivity index (χ0n) is 17.0. The highest BCUT2D eigenvalue weighted by atomic mass is 19.3. The van der Waals surface area contributed by atoms with Gasteiger partial charge in [-0.15, -0.1) is 0 Å². The second-order valence-corrected chi connectivity index (χ2v) is 7.15. The van der Waals surface area contributed by atoms with Crippen molar-refractivity contribution in [2.24, 2.45) is 0 Å². The minimum atomic E-state index is -3.21. The quantitative estimate of drug-likeness (QED) is 0.369. The van der Waals surface area contributed by atoms with Gasteiger partial charge in [0.05, 0.1) is 7.11 Å². The molecule has 4 N–H and O–H groups in total. The number of ether oxygens (including phenoxy) is 1. The number of amides is 1. The van der Waals surface area contributed by atoms with E-state index >= 15 is 0 Å². The van der Waals surface area contributed by atoms with Gasteiger partial charge in [0, 0.05) is 6.54 Å². The molecule has 0 aliphatic rings. The van der Waals surface area contributed by atoms with E-state index in [4.69, 9.17) is 9.94 Å². The molecule has 8 heteroatoms. The van der Waals surface area contributed by atoms with Crippen LogP contribution in [-0.4, -0.2) is 47.4 Å². The average Bonchev–Trinajstić information content (AvgIpc) is 2.76. The highest BCUT2D eigenvalue weighted by Gasteiger charge is 2.54. The number of hydrogen-bond donors (Lipinski definition) is 4. The van der Waals surface area contributed by atoms with Crippen LogP contribution < -0.4 is 15.5 Å². The Labute approximate surface area is 174 Å². The minimum Gasteiger partial charge on any atom is -0.497 e. The summed E-state index contributed by atoms with van der Waals surface area (Å²) >= 11 is 0. The van der Waals surface area contributed by atoms with Crippen molar-refractivity contribution < 1.29 is 28.6 Å². The fraction of sp³-hybridized carbons (Fsp3) is 0.318. The van der Waals surface area contributed by atoms with Crippen LogP contribution in [0.2, 0.25) is 0 Å². The molecule has 0 aliphatic carbocycles. The second-order valence-electron chi connectivity index (χ2n) is 7.15. The summed E-state index contributed by atoms with van der Waals surface area (Å²) < 4.78 is 31.7. The number of carbonyl (C=O) groups excluding carboxylic acids is 1. The summed E-state index contributed by atoms with van der Waals surface area (Å²) in [6, 6.07) is 15.3. The van der Waals surface area contributed by atoms with E-state index < -0.39 is 23.5 Å². The Balaban J connectivity index is 2.08.